The summed E-state index contributed by atoms with van der Waals surface area (Å²) in [5, 5.41) is 123. The molecule has 0 fully saturated rings. The van der Waals surface area contributed by atoms with Gasteiger partial charge in [0, 0.05) is 88.8 Å². The number of phenols is 6. The Morgan fingerprint density at radius 2 is 0.608 bits per heavy atom. The van der Waals surface area contributed by atoms with Crippen LogP contribution in [0.25, 0.3) is 0 Å². The van der Waals surface area contributed by atoms with Crippen LogP contribution in [0.1, 0.15) is 82.2 Å². The zero-order chi connectivity index (χ0) is 93.4. The van der Waals surface area contributed by atoms with Crippen LogP contribution in [0.3, 0.4) is 0 Å². The minimum atomic E-state index is -0.781. The number of likely N-dealkylation sites (N-methyl/N-ethyl adjacent to an activating group) is 3. The molecule has 25 nitrogen and oxygen atoms in total. The standard InChI is InChI=1S/C11H17NO.2C10H15NO.C9H13NO2.2C9H13NO.2C8H11NO.2C7H9NO.2C6H7NO/c1-12(2)8-7-10-3-5-11(9-13)6-4-10;1-11(2)8-7-9-3-5-10(12)6-4-9;1-8(11-2)10(12)9-6-4-3-5-7-9;10-8(6-11)9(12)7-4-2-1-3-5-7;1-10(2)9-5-3-8(7-11)4-6-9;1-7(10)9(11)8-5-3-2-4-6-8;1-9(2)7-3-5-8(10)6-4-7;9-6-5-7-1-3-8(10)4-2-7;1-8-6-2-4-7(9)5-3-6;8-7-3-1-6(5-9)2-4-7;7-5-1-3-6(8)4-2-5;7-5-3-1-2-4-6(5)8/h3-6,13H,7-9H2,1-2H3;3-6,12H,7-8H2,1-2H3;3-8,10-12H,1-2H3;1-5,8-9,11-12H,6,10H2;3-6,11H,7H2,1-2H3;2-7,9,11H,10H2,1H3;3-6,10H,1-2H3;1-4,10H,5-6,9H2;2-5,8-9H,1H3;1-4,9H,5,8H2;2*1-4,8H,7H2. The largest absolute Gasteiger partial charge is 0.508 e. The molecule has 0 bridgehead atoms. The SMILES string of the molecule is CC(N)C(O)c1ccccc1.CN(C)CCc1ccc(CO)cc1.CN(C)CCc1ccc(O)cc1.CN(C)c1ccc(CO)cc1.CN(C)c1ccc(O)cc1.CNC(C)C(O)c1ccccc1.CNc1ccc(O)cc1.NC(CO)C(O)c1ccccc1.NCCc1ccc(O)cc1.Nc1ccc(CO)cc1.Nc1ccc(O)cc1.Nc1ccccc1O. The van der Waals surface area contributed by atoms with Crippen LogP contribution in [0.5, 0.6) is 34.5 Å². The number of para-hydroxylation sites is 2. The summed E-state index contributed by atoms with van der Waals surface area (Å²) in [6.45, 7) is 6.64. The van der Waals surface area contributed by atoms with Gasteiger partial charge < -0.3 is 131 Å². The van der Waals surface area contributed by atoms with Crippen molar-refractivity contribution in [3.8, 4) is 34.5 Å². The fraction of sp³-hybridized carbons (Fsp3) is 0.280. The second-order valence-corrected chi connectivity index (χ2v) is 29.3. The second kappa shape index (κ2) is 66.3. The fourth-order valence-corrected chi connectivity index (χ4v) is 9.92. The Morgan fingerprint density at radius 3 is 0.904 bits per heavy atom. The molecule has 25 heteroatoms. The maximum Gasteiger partial charge on any atom is 0.138 e. The van der Waals surface area contributed by atoms with Crippen molar-refractivity contribution < 1.29 is 66.4 Å². The van der Waals surface area contributed by atoms with Gasteiger partial charge in [-0.1, -0.05) is 176 Å². The summed E-state index contributed by atoms with van der Waals surface area (Å²) >= 11 is 0. The average molecular weight is 1720 g/mol. The van der Waals surface area contributed by atoms with Gasteiger partial charge in [-0.15, -0.1) is 0 Å². The molecule has 12 aromatic carbocycles. The van der Waals surface area contributed by atoms with Crippen molar-refractivity contribution in [1.82, 2.24) is 15.1 Å². The number of hydrogen-bond donors (Lipinski definition) is 21. The molecule has 0 amide bonds. The molecule has 27 N–H and O–H groups in total. The lowest BCUT2D eigenvalue weighted by molar-refractivity contribution is 0.109. The van der Waals surface area contributed by atoms with Crippen LogP contribution < -0.4 is 54.8 Å². The van der Waals surface area contributed by atoms with Gasteiger partial charge in [-0.3, -0.25) is 0 Å². The van der Waals surface area contributed by atoms with Crippen molar-refractivity contribution >= 4 is 34.1 Å². The highest BCUT2D eigenvalue weighted by Gasteiger charge is 2.16. The maximum atomic E-state index is 9.73. The number of nitrogens with zero attached hydrogens (tertiary/aromatic N) is 4. The third kappa shape index (κ3) is 52.7. The first kappa shape index (κ1) is 111. The number of hydrogen-bond acceptors (Lipinski definition) is 25. The molecule has 6 atom stereocenters. The van der Waals surface area contributed by atoms with E-state index in [4.69, 9.17) is 85.5 Å². The summed E-state index contributed by atoms with van der Waals surface area (Å²) in [5.41, 5.74) is 46.5. The highest BCUT2D eigenvalue weighted by Crippen LogP contribution is 2.21. The van der Waals surface area contributed by atoms with Crippen molar-refractivity contribution in [3.63, 3.8) is 0 Å². The Kier molecular flexibility index (Phi) is 58.7. The fourth-order valence-electron chi connectivity index (χ4n) is 9.92. The van der Waals surface area contributed by atoms with Crippen LogP contribution in [0.15, 0.2) is 309 Å². The van der Waals surface area contributed by atoms with E-state index in [2.05, 4.69) is 60.8 Å². The molecule has 12 rings (SSSR count). The smallest absolute Gasteiger partial charge is 0.138 e. The van der Waals surface area contributed by atoms with E-state index >= 15 is 0 Å². The van der Waals surface area contributed by atoms with Crippen LogP contribution in [0.2, 0.25) is 0 Å². The predicted octanol–water partition coefficient (Wildman–Crippen LogP) is 13.0. The molecular formula is C100H140N12O13. The summed E-state index contributed by atoms with van der Waals surface area (Å²) < 4.78 is 0. The van der Waals surface area contributed by atoms with E-state index in [0.717, 1.165) is 88.5 Å². The number of aliphatic hydroxyl groups excluding tert-OH is 7. The molecular weight excluding hydrogens is 1580 g/mol. The highest BCUT2D eigenvalue weighted by molar-refractivity contribution is 5.51. The quantitative estimate of drug-likeness (QED) is 0.0170. The molecule has 6 unspecified atom stereocenters. The summed E-state index contributed by atoms with van der Waals surface area (Å²) in [6, 6.07) is 92.1. The topological polar surface area (TPSA) is 456 Å². The Labute approximate surface area is 741 Å². The maximum absolute atomic E-state index is 9.73. The molecule has 125 heavy (non-hydrogen) atoms. The van der Waals surface area contributed by atoms with Gasteiger partial charge in [0.2, 0.25) is 0 Å². The number of nitrogen functional groups attached to an aromatic ring is 3. The minimum Gasteiger partial charge on any atom is -0.508 e. The minimum absolute atomic E-state index is 0.0836. The number of anilines is 6. The number of aliphatic hydroxyl groups is 7. The van der Waals surface area contributed by atoms with Crippen LogP contribution in [0.4, 0.5) is 34.1 Å². The monoisotopic (exact) mass is 1720 g/mol. The third-order valence-corrected chi connectivity index (χ3v) is 17.8. The number of aromatic hydroxyl groups is 6. The van der Waals surface area contributed by atoms with Crippen LogP contribution in [-0.2, 0) is 39.1 Å². The summed E-state index contributed by atoms with van der Waals surface area (Å²) in [4.78, 5) is 8.33. The first-order valence-corrected chi connectivity index (χ1v) is 40.7. The first-order chi connectivity index (χ1) is 59.6. The molecule has 0 saturated carbocycles. The van der Waals surface area contributed by atoms with Gasteiger partial charge in [-0.25, -0.2) is 0 Å². The van der Waals surface area contributed by atoms with Crippen molar-refractivity contribution in [1.29, 1.82) is 0 Å². The first-order valence-electron chi connectivity index (χ1n) is 40.7. The predicted molar refractivity (Wildman–Crippen MR) is 516 cm³/mol. The number of rotatable bonds is 22. The lowest BCUT2D eigenvalue weighted by Gasteiger charge is -2.17. The molecule has 678 valence electrons. The molecule has 0 heterocycles. The summed E-state index contributed by atoms with van der Waals surface area (Å²) in [7, 11) is 19.9. The summed E-state index contributed by atoms with van der Waals surface area (Å²) in [6.07, 6.45) is 1.23. The number of benzene rings is 12. The van der Waals surface area contributed by atoms with Gasteiger partial charge in [0.25, 0.3) is 0 Å². The summed E-state index contributed by atoms with van der Waals surface area (Å²) in [5.74, 6) is 1.65. The lowest BCUT2D eigenvalue weighted by Crippen LogP contribution is -2.31. The van der Waals surface area contributed by atoms with Crippen LogP contribution in [0, 0.1) is 0 Å². The lowest BCUT2D eigenvalue weighted by atomic mass is 10.0. The van der Waals surface area contributed by atoms with E-state index in [-0.39, 0.29) is 50.0 Å². The molecule has 0 spiro atoms. The zero-order valence-electron chi connectivity index (χ0n) is 74.5. The highest BCUT2D eigenvalue weighted by atomic mass is 16.3. The van der Waals surface area contributed by atoms with Gasteiger partial charge in [-0.2, -0.15) is 0 Å². The van der Waals surface area contributed by atoms with E-state index in [1.54, 1.807) is 140 Å². The normalized spacial score (nSPS) is 11.4. The third-order valence-electron chi connectivity index (χ3n) is 17.8. The molecule has 0 aliphatic heterocycles. The Hall–Kier alpha value is -12.3. The number of nitrogens with two attached hydrogens (primary N) is 6. The van der Waals surface area contributed by atoms with E-state index in [0.29, 0.717) is 40.9 Å². The molecule has 0 saturated heterocycles. The number of phenolic OH excluding ortho intramolecular Hbond substituents is 6. The van der Waals surface area contributed by atoms with Crippen molar-refractivity contribution in [2.24, 2.45) is 17.2 Å². The average Bonchev–Trinajstić information content (AvgIpc) is 0.877. The molecule has 12 aromatic rings. The van der Waals surface area contributed by atoms with E-state index in [9.17, 15) is 15.3 Å². The van der Waals surface area contributed by atoms with Crippen LogP contribution >= 0.6 is 0 Å². The van der Waals surface area contributed by atoms with Crippen LogP contribution in [-0.4, -0.2) is 191 Å². The van der Waals surface area contributed by atoms with Gasteiger partial charge in [-0.05, 0) is 258 Å². The molecule has 0 aromatic heterocycles. The second-order valence-electron chi connectivity index (χ2n) is 29.3. The Morgan fingerprint density at radius 1 is 0.328 bits per heavy atom. The van der Waals surface area contributed by atoms with Gasteiger partial charge in [0.1, 0.15) is 34.5 Å². The molecule has 0 aliphatic carbocycles. The van der Waals surface area contributed by atoms with Crippen molar-refractivity contribution in [2.45, 2.75) is 89.4 Å². The van der Waals surface area contributed by atoms with Gasteiger partial charge in [0.15, 0.2) is 0 Å². The molecule has 0 aliphatic rings. The number of nitrogens with one attached hydrogen (secondary N) is 2. The van der Waals surface area contributed by atoms with Crippen molar-refractivity contribution in [2.75, 3.05) is 129 Å². The Balaban J connectivity index is 0.000000683. The van der Waals surface area contributed by atoms with E-state index in [1.165, 1.54) is 16.7 Å². The Bertz CT molecular complexity index is 4420. The van der Waals surface area contributed by atoms with Gasteiger partial charge >= 0.3 is 0 Å². The van der Waals surface area contributed by atoms with E-state index < -0.39 is 24.4 Å². The van der Waals surface area contributed by atoms with Gasteiger partial charge in [0.05, 0.1) is 56.5 Å². The van der Waals surface area contributed by atoms with Crippen molar-refractivity contribution in [3.05, 3.63) is 359 Å². The van der Waals surface area contributed by atoms with E-state index in [1.807, 2.05) is 223 Å². The zero-order valence-corrected chi connectivity index (χ0v) is 74.5. The molecule has 0 radical (unpaired) electrons.